The number of para-hydroxylation sites is 1. The van der Waals surface area contributed by atoms with Gasteiger partial charge in [-0.25, -0.2) is 4.79 Å². The molecule has 0 aliphatic carbocycles. The summed E-state index contributed by atoms with van der Waals surface area (Å²) >= 11 is 1.38. The lowest BCUT2D eigenvalue weighted by molar-refractivity contribution is -0.138. The molecule has 4 nitrogen and oxygen atoms in total. The number of carboxylic acids is 1. The van der Waals surface area contributed by atoms with Gasteiger partial charge in [-0.05, 0) is 26.0 Å². The van der Waals surface area contributed by atoms with Crippen molar-refractivity contribution in [1.29, 1.82) is 0 Å². The van der Waals surface area contributed by atoms with Crippen molar-refractivity contribution in [2.75, 3.05) is 0 Å². The summed E-state index contributed by atoms with van der Waals surface area (Å²) in [5, 5.41) is 19.4. The van der Waals surface area contributed by atoms with Gasteiger partial charge in [-0.1, -0.05) is 23.9 Å². The molecule has 17 heavy (non-hydrogen) atoms. The molecule has 1 aromatic carbocycles. The molecule has 0 saturated heterocycles. The molecule has 0 amide bonds. The van der Waals surface area contributed by atoms with Crippen LogP contribution < -0.4 is 0 Å². The minimum absolute atomic E-state index is 0.126. The van der Waals surface area contributed by atoms with E-state index in [0.717, 1.165) is 0 Å². The second kappa shape index (κ2) is 4.07. The number of nitrogens with zero attached hydrogens (tertiary/aromatic N) is 1. The van der Waals surface area contributed by atoms with E-state index in [9.17, 15) is 9.90 Å². The Morgan fingerprint density at radius 2 is 2.06 bits per heavy atom. The number of aromatic hydroxyl groups is 1. The highest BCUT2D eigenvalue weighted by molar-refractivity contribution is 8.15. The Kier molecular flexibility index (Phi) is 2.87. The molecule has 0 radical (unpaired) electrons. The first kappa shape index (κ1) is 12.0. The molecule has 1 heterocycles. The van der Waals surface area contributed by atoms with Gasteiger partial charge in [-0.2, -0.15) is 0 Å². The molecule has 2 N–H and O–H groups in total. The third-order valence-electron chi connectivity index (χ3n) is 2.63. The van der Waals surface area contributed by atoms with Crippen LogP contribution in [0.15, 0.2) is 29.3 Å². The first-order valence-electron chi connectivity index (χ1n) is 5.20. The SMILES string of the molecule is CC1(C)SC(c2ccccc2O)=NC1C(=O)O. The fraction of sp³-hybridized carbons (Fsp3) is 0.333. The number of rotatable bonds is 2. The second-order valence-corrected chi connectivity index (χ2v) is 6.04. The van der Waals surface area contributed by atoms with Crippen molar-refractivity contribution < 1.29 is 15.0 Å². The molecular weight excluding hydrogens is 238 g/mol. The topological polar surface area (TPSA) is 69.9 Å². The van der Waals surface area contributed by atoms with Gasteiger partial charge in [0.2, 0.25) is 0 Å². The van der Waals surface area contributed by atoms with Gasteiger partial charge in [0.1, 0.15) is 10.8 Å². The van der Waals surface area contributed by atoms with Crippen molar-refractivity contribution in [3.8, 4) is 5.75 Å². The van der Waals surface area contributed by atoms with E-state index in [1.807, 2.05) is 13.8 Å². The predicted octanol–water partition coefficient (Wildman–Crippen LogP) is 2.12. The third-order valence-corrected chi connectivity index (χ3v) is 3.90. The molecule has 1 aromatic rings. The zero-order chi connectivity index (χ0) is 12.6. The summed E-state index contributed by atoms with van der Waals surface area (Å²) < 4.78 is -0.497. The Hall–Kier alpha value is -1.49. The van der Waals surface area contributed by atoms with Crippen LogP contribution in [0.2, 0.25) is 0 Å². The number of hydrogen-bond acceptors (Lipinski definition) is 4. The highest BCUT2D eigenvalue weighted by atomic mass is 32.2. The van der Waals surface area contributed by atoms with Crippen LogP contribution in [0.1, 0.15) is 19.4 Å². The number of hydrogen-bond donors (Lipinski definition) is 2. The van der Waals surface area contributed by atoms with Crippen LogP contribution in [0.25, 0.3) is 0 Å². The quantitative estimate of drug-likeness (QED) is 0.844. The number of thioether (sulfide) groups is 1. The minimum Gasteiger partial charge on any atom is -0.507 e. The normalized spacial score (nSPS) is 22.2. The van der Waals surface area contributed by atoms with Crippen molar-refractivity contribution in [3.05, 3.63) is 29.8 Å². The molecular formula is C12H13NO3S. The number of carbonyl (C=O) groups is 1. The van der Waals surface area contributed by atoms with Crippen LogP contribution in [0.5, 0.6) is 5.75 Å². The number of aliphatic carboxylic acids is 1. The zero-order valence-corrected chi connectivity index (χ0v) is 10.4. The van der Waals surface area contributed by atoms with E-state index in [1.165, 1.54) is 11.8 Å². The van der Waals surface area contributed by atoms with Crippen LogP contribution in [0, 0.1) is 0 Å². The van der Waals surface area contributed by atoms with Gasteiger partial charge >= 0.3 is 5.97 Å². The molecule has 0 fully saturated rings. The van der Waals surface area contributed by atoms with E-state index in [2.05, 4.69) is 4.99 Å². The lowest BCUT2D eigenvalue weighted by atomic mass is 10.0. The summed E-state index contributed by atoms with van der Waals surface area (Å²) in [7, 11) is 0. The highest BCUT2D eigenvalue weighted by Gasteiger charge is 2.42. The van der Waals surface area contributed by atoms with Crippen molar-refractivity contribution >= 4 is 22.8 Å². The van der Waals surface area contributed by atoms with Gasteiger partial charge in [0.25, 0.3) is 0 Å². The molecule has 0 saturated carbocycles. The maximum absolute atomic E-state index is 11.1. The van der Waals surface area contributed by atoms with Crippen LogP contribution in [-0.4, -0.2) is 32.0 Å². The van der Waals surface area contributed by atoms with Crippen molar-refractivity contribution in [1.82, 2.24) is 0 Å². The van der Waals surface area contributed by atoms with E-state index in [1.54, 1.807) is 24.3 Å². The molecule has 0 spiro atoms. The van der Waals surface area contributed by atoms with Crippen LogP contribution in [0.3, 0.4) is 0 Å². The van der Waals surface area contributed by atoms with Crippen molar-refractivity contribution in [2.45, 2.75) is 24.6 Å². The zero-order valence-electron chi connectivity index (χ0n) is 9.54. The number of phenolic OH excluding ortho intramolecular Hbond substituents is 1. The van der Waals surface area contributed by atoms with E-state index >= 15 is 0 Å². The Balaban J connectivity index is 2.40. The number of phenols is 1. The summed E-state index contributed by atoms with van der Waals surface area (Å²) in [5.41, 5.74) is 0.592. The Labute approximate surface area is 103 Å². The third kappa shape index (κ3) is 2.15. The van der Waals surface area contributed by atoms with Gasteiger partial charge in [-0.15, -0.1) is 0 Å². The summed E-state index contributed by atoms with van der Waals surface area (Å²) in [4.78, 5) is 15.3. The highest BCUT2D eigenvalue weighted by Crippen LogP contribution is 2.41. The Bertz CT molecular complexity index is 496. The van der Waals surface area contributed by atoms with Crippen molar-refractivity contribution in [2.24, 2.45) is 4.99 Å². The van der Waals surface area contributed by atoms with E-state index in [-0.39, 0.29) is 5.75 Å². The average molecular weight is 251 g/mol. The maximum Gasteiger partial charge on any atom is 0.329 e. The van der Waals surface area contributed by atoms with E-state index in [4.69, 9.17) is 5.11 Å². The second-order valence-electron chi connectivity index (χ2n) is 4.40. The smallest absolute Gasteiger partial charge is 0.329 e. The largest absolute Gasteiger partial charge is 0.507 e. The van der Waals surface area contributed by atoms with Crippen LogP contribution >= 0.6 is 11.8 Å². The van der Waals surface area contributed by atoms with E-state index < -0.39 is 16.8 Å². The average Bonchev–Trinajstić information content (AvgIpc) is 2.55. The van der Waals surface area contributed by atoms with Gasteiger partial charge in [0, 0.05) is 10.3 Å². The first-order chi connectivity index (χ1) is 7.92. The number of aliphatic imine (C=N–C) groups is 1. The molecule has 2 rings (SSSR count). The monoisotopic (exact) mass is 251 g/mol. The summed E-state index contributed by atoms with van der Waals surface area (Å²) in [6.45, 7) is 3.68. The summed E-state index contributed by atoms with van der Waals surface area (Å²) in [6.07, 6.45) is 0. The summed E-state index contributed by atoms with van der Waals surface area (Å²) in [5.74, 6) is -0.812. The van der Waals surface area contributed by atoms with Crippen molar-refractivity contribution in [3.63, 3.8) is 0 Å². The lowest BCUT2D eigenvalue weighted by Crippen LogP contribution is -2.34. The van der Waals surface area contributed by atoms with Crippen LogP contribution in [-0.2, 0) is 4.79 Å². The molecule has 1 aliphatic rings. The molecule has 90 valence electrons. The number of carboxylic acid groups (broad SMARTS) is 1. The molecule has 1 atom stereocenters. The van der Waals surface area contributed by atoms with Gasteiger partial charge < -0.3 is 10.2 Å². The standard InChI is InChI=1S/C12H13NO3S/c1-12(2)9(11(15)16)13-10(17-12)7-5-3-4-6-8(7)14/h3-6,9,14H,1-2H3,(H,15,16). The lowest BCUT2D eigenvalue weighted by Gasteiger charge is -2.20. The van der Waals surface area contributed by atoms with Gasteiger partial charge in [-0.3, -0.25) is 4.99 Å². The fourth-order valence-electron chi connectivity index (χ4n) is 1.74. The molecule has 0 bridgehead atoms. The Morgan fingerprint density at radius 1 is 1.41 bits per heavy atom. The van der Waals surface area contributed by atoms with Gasteiger partial charge in [0.05, 0.1) is 0 Å². The van der Waals surface area contributed by atoms with Gasteiger partial charge in [0.15, 0.2) is 6.04 Å². The van der Waals surface area contributed by atoms with Crippen LogP contribution in [0.4, 0.5) is 0 Å². The fourth-order valence-corrected chi connectivity index (χ4v) is 2.94. The molecule has 0 aromatic heterocycles. The van der Waals surface area contributed by atoms with E-state index in [0.29, 0.717) is 10.6 Å². The number of benzene rings is 1. The summed E-state index contributed by atoms with van der Waals surface area (Å²) in [6, 6.07) is 6.04. The maximum atomic E-state index is 11.1. The minimum atomic E-state index is -0.937. The molecule has 5 heteroatoms. The Morgan fingerprint density at radius 3 is 2.59 bits per heavy atom. The molecule has 1 aliphatic heterocycles. The first-order valence-corrected chi connectivity index (χ1v) is 6.01. The molecule has 1 unspecified atom stereocenters. The predicted molar refractivity (Wildman–Crippen MR) is 67.7 cm³/mol.